The lowest BCUT2D eigenvalue weighted by Gasteiger charge is -2.04. The Morgan fingerprint density at radius 1 is 1.44 bits per heavy atom. The van der Waals surface area contributed by atoms with Crippen LogP contribution >= 0.6 is 0 Å². The first-order chi connectivity index (χ1) is 7.83. The average Bonchev–Trinajstić information content (AvgIpc) is 2.33. The van der Waals surface area contributed by atoms with Crippen LogP contribution in [0.25, 0.3) is 0 Å². The second-order valence-corrected chi connectivity index (χ2v) is 3.26. The molecule has 0 aliphatic carbocycles. The van der Waals surface area contributed by atoms with Crippen LogP contribution in [-0.4, -0.2) is 24.0 Å². The van der Waals surface area contributed by atoms with Crippen LogP contribution < -0.4 is 10.6 Å². The quantitative estimate of drug-likeness (QED) is 0.532. The largest absolute Gasteiger partial charge is 0.345 e. The summed E-state index contributed by atoms with van der Waals surface area (Å²) < 4.78 is 0. The maximum atomic E-state index is 11.2. The third-order valence-corrected chi connectivity index (χ3v) is 1.99. The second kappa shape index (κ2) is 7.43. The molecule has 0 fully saturated rings. The predicted octanol–water partition coefficient (Wildman–Crippen LogP) is 0.311. The third-order valence-electron chi connectivity index (χ3n) is 1.99. The van der Waals surface area contributed by atoms with Crippen molar-refractivity contribution in [3.05, 3.63) is 30.1 Å². The molecule has 2 N–H and O–H groups in total. The summed E-state index contributed by atoms with van der Waals surface area (Å²) >= 11 is 0. The lowest BCUT2D eigenvalue weighted by atomic mass is 10.2. The van der Waals surface area contributed by atoms with Gasteiger partial charge < -0.3 is 10.6 Å². The summed E-state index contributed by atoms with van der Waals surface area (Å²) in [7, 11) is 0. The van der Waals surface area contributed by atoms with E-state index in [2.05, 4.69) is 21.5 Å². The van der Waals surface area contributed by atoms with Crippen molar-refractivity contribution < 1.29 is 4.79 Å². The standard InChI is InChI=1S/C12H15N3O/c1-2-6-15-12(16)5-9-14-10-11-3-7-13-8-4-11/h1,3-4,7-8,14H,5-6,9-10H2,(H,15,16). The zero-order valence-corrected chi connectivity index (χ0v) is 9.07. The average molecular weight is 217 g/mol. The number of carbonyl (C=O) groups excluding carboxylic acids is 1. The van der Waals surface area contributed by atoms with Crippen molar-refractivity contribution in [2.45, 2.75) is 13.0 Å². The van der Waals surface area contributed by atoms with Gasteiger partial charge in [-0.2, -0.15) is 0 Å². The molecule has 1 heterocycles. The zero-order chi connectivity index (χ0) is 11.6. The van der Waals surface area contributed by atoms with Crippen molar-refractivity contribution in [3.8, 4) is 12.3 Å². The molecule has 0 radical (unpaired) electrons. The summed E-state index contributed by atoms with van der Waals surface area (Å²) in [4.78, 5) is 15.1. The molecule has 0 bridgehead atoms. The molecule has 0 unspecified atom stereocenters. The number of terminal acetylenes is 1. The Bertz CT molecular complexity index is 356. The molecule has 0 saturated heterocycles. The van der Waals surface area contributed by atoms with Crippen LogP contribution in [-0.2, 0) is 11.3 Å². The van der Waals surface area contributed by atoms with E-state index in [4.69, 9.17) is 6.42 Å². The van der Waals surface area contributed by atoms with Crippen molar-refractivity contribution in [1.29, 1.82) is 0 Å². The second-order valence-electron chi connectivity index (χ2n) is 3.26. The minimum absolute atomic E-state index is 0.0276. The molecule has 4 heteroatoms. The SMILES string of the molecule is C#CCNC(=O)CCNCc1ccncc1. The van der Waals surface area contributed by atoms with E-state index < -0.39 is 0 Å². The molecule has 0 aliphatic heterocycles. The highest BCUT2D eigenvalue weighted by molar-refractivity contribution is 5.76. The van der Waals surface area contributed by atoms with Gasteiger partial charge in [0, 0.05) is 31.9 Å². The molecule has 16 heavy (non-hydrogen) atoms. The van der Waals surface area contributed by atoms with Crippen LogP contribution in [0.1, 0.15) is 12.0 Å². The van der Waals surface area contributed by atoms with Crippen LogP contribution in [0, 0.1) is 12.3 Å². The molecule has 0 spiro atoms. The van der Waals surface area contributed by atoms with E-state index in [0.29, 0.717) is 19.5 Å². The van der Waals surface area contributed by atoms with Gasteiger partial charge in [-0.3, -0.25) is 9.78 Å². The predicted molar refractivity (Wildman–Crippen MR) is 62.4 cm³/mol. The summed E-state index contributed by atoms with van der Waals surface area (Å²) in [5.74, 6) is 2.33. The number of carbonyl (C=O) groups is 1. The van der Waals surface area contributed by atoms with Crippen molar-refractivity contribution in [2.75, 3.05) is 13.1 Å². The smallest absolute Gasteiger partial charge is 0.222 e. The Labute approximate surface area is 95.5 Å². The highest BCUT2D eigenvalue weighted by Crippen LogP contribution is 1.94. The van der Waals surface area contributed by atoms with Gasteiger partial charge in [0.15, 0.2) is 0 Å². The van der Waals surface area contributed by atoms with Crippen molar-refractivity contribution in [3.63, 3.8) is 0 Å². The molecular weight excluding hydrogens is 202 g/mol. The number of rotatable bonds is 6. The van der Waals surface area contributed by atoms with Gasteiger partial charge in [-0.1, -0.05) is 5.92 Å². The molecule has 84 valence electrons. The van der Waals surface area contributed by atoms with Gasteiger partial charge in [0.1, 0.15) is 0 Å². The van der Waals surface area contributed by atoms with Crippen LogP contribution in [0.2, 0.25) is 0 Å². The van der Waals surface area contributed by atoms with E-state index in [1.807, 2.05) is 12.1 Å². The van der Waals surface area contributed by atoms with E-state index in [9.17, 15) is 4.79 Å². The third kappa shape index (κ3) is 5.13. The van der Waals surface area contributed by atoms with Gasteiger partial charge in [0.2, 0.25) is 5.91 Å². The molecule has 1 aromatic heterocycles. The molecular formula is C12H15N3O. The highest BCUT2D eigenvalue weighted by atomic mass is 16.1. The minimum Gasteiger partial charge on any atom is -0.345 e. The van der Waals surface area contributed by atoms with Crippen LogP contribution in [0.15, 0.2) is 24.5 Å². The Balaban J connectivity index is 2.08. The molecule has 0 saturated carbocycles. The fraction of sp³-hybridized carbons (Fsp3) is 0.333. The summed E-state index contributed by atoms with van der Waals surface area (Å²) in [6, 6.07) is 3.87. The van der Waals surface area contributed by atoms with Crippen molar-refractivity contribution in [2.24, 2.45) is 0 Å². The molecule has 1 rings (SSSR count). The van der Waals surface area contributed by atoms with Crippen LogP contribution in [0.3, 0.4) is 0 Å². The van der Waals surface area contributed by atoms with Gasteiger partial charge in [0.25, 0.3) is 0 Å². The summed E-state index contributed by atoms with van der Waals surface area (Å²) in [6.45, 7) is 1.67. The lowest BCUT2D eigenvalue weighted by molar-refractivity contribution is -0.120. The van der Waals surface area contributed by atoms with Crippen molar-refractivity contribution >= 4 is 5.91 Å². The van der Waals surface area contributed by atoms with Crippen molar-refractivity contribution in [1.82, 2.24) is 15.6 Å². The Morgan fingerprint density at radius 2 is 2.19 bits per heavy atom. The Hall–Kier alpha value is -1.86. The zero-order valence-electron chi connectivity index (χ0n) is 9.07. The number of nitrogens with one attached hydrogen (secondary N) is 2. The van der Waals surface area contributed by atoms with Gasteiger partial charge >= 0.3 is 0 Å². The summed E-state index contributed by atoms with van der Waals surface area (Å²) in [5.41, 5.74) is 1.15. The molecule has 0 atom stereocenters. The number of nitrogens with zero attached hydrogens (tertiary/aromatic N) is 1. The van der Waals surface area contributed by atoms with E-state index in [1.54, 1.807) is 12.4 Å². The molecule has 1 aromatic rings. The van der Waals surface area contributed by atoms with E-state index >= 15 is 0 Å². The number of hydrogen-bond donors (Lipinski definition) is 2. The fourth-order valence-electron chi connectivity index (χ4n) is 1.17. The van der Waals surface area contributed by atoms with Crippen LogP contribution in [0.4, 0.5) is 0 Å². The lowest BCUT2D eigenvalue weighted by Crippen LogP contribution is -2.27. The maximum absolute atomic E-state index is 11.2. The van der Waals surface area contributed by atoms with Crippen LogP contribution in [0.5, 0.6) is 0 Å². The fourth-order valence-corrected chi connectivity index (χ4v) is 1.17. The normalized spacial score (nSPS) is 9.44. The van der Waals surface area contributed by atoms with Gasteiger partial charge in [-0.15, -0.1) is 6.42 Å². The minimum atomic E-state index is -0.0276. The monoisotopic (exact) mass is 217 g/mol. The Morgan fingerprint density at radius 3 is 2.88 bits per heavy atom. The first-order valence-corrected chi connectivity index (χ1v) is 5.12. The topological polar surface area (TPSA) is 54.0 Å². The van der Waals surface area contributed by atoms with Gasteiger partial charge in [-0.25, -0.2) is 0 Å². The number of aromatic nitrogens is 1. The first kappa shape index (κ1) is 12.2. The number of amides is 1. The highest BCUT2D eigenvalue weighted by Gasteiger charge is 1.98. The number of pyridine rings is 1. The molecule has 0 aliphatic rings. The van der Waals surface area contributed by atoms with E-state index in [-0.39, 0.29) is 5.91 Å². The van der Waals surface area contributed by atoms with Gasteiger partial charge in [-0.05, 0) is 17.7 Å². The molecule has 4 nitrogen and oxygen atoms in total. The first-order valence-electron chi connectivity index (χ1n) is 5.12. The molecule has 1 amide bonds. The van der Waals surface area contributed by atoms with Gasteiger partial charge in [0.05, 0.1) is 6.54 Å². The number of hydrogen-bond acceptors (Lipinski definition) is 3. The molecule has 0 aromatic carbocycles. The maximum Gasteiger partial charge on any atom is 0.222 e. The summed E-state index contributed by atoms with van der Waals surface area (Å²) in [5, 5.41) is 5.77. The van der Waals surface area contributed by atoms with E-state index in [0.717, 1.165) is 12.1 Å². The Kier molecular flexibility index (Phi) is 5.67. The van der Waals surface area contributed by atoms with E-state index in [1.165, 1.54) is 0 Å². The summed E-state index contributed by atoms with van der Waals surface area (Å²) in [6.07, 6.45) is 8.95.